The van der Waals surface area contributed by atoms with Crippen LogP contribution in [0.3, 0.4) is 0 Å². The minimum atomic E-state index is -0.0758. The van der Waals surface area contributed by atoms with Crippen LogP contribution in [0.4, 0.5) is 4.79 Å². The lowest BCUT2D eigenvalue weighted by molar-refractivity contribution is 0.189. The van der Waals surface area contributed by atoms with E-state index in [-0.39, 0.29) is 12.1 Å². The Morgan fingerprint density at radius 3 is 2.42 bits per heavy atom. The maximum Gasteiger partial charge on any atom is 0.314 e. The predicted molar refractivity (Wildman–Crippen MR) is 108 cm³/mol. The first-order chi connectivity index (χ1) is 12.6. The average Bonchev–Trinajstić information content (AvgIpc) is 2.66. The molecule has 0 radical (unpaired) electrons. The molecule has 5 nitrogen and oxygen atoms in total. The predicted octanol–water partition coefficient (Wildman–Crippen LogP) is 3.24. The highest BCUT2D eigenvalue weighted by molar-refractivity contribution is 5.73. The summed E-state index contributed by atoms with van der Waals surface area (Å²) in [6, 6.07) is 11.1. The molecule has 1 saturated carbocycles. The van der Waals surface area contributed by atoms with Gasteiger partial charge in [-0.25, -0.2) is 4.79 Å². The van der Waals surface area contributed by atoms with Gasteiger partial charge < -0.3 is 20.4 Å². The van der Waals surface area contributed by atoms with Crippen molar-refractivity contribution >= 4 is 6.03 Å². The third kappa shape index (κ3) is 6.96. The van der Waals surface area contributed by atoms with Gasteiger partial charge >= 0.3 is 6.03 Å². The van der Waals surface area contributed by atoms with E-state index in [1.54, 1.807) is 0 Å². The Bertz CT molecular complexity index is 514. The van der Waals surface area contributed by atoms with Crippen molar-refractivity contribution in [2.24, 2.45) is 0 Å². The van der Waals surface area contributed by atoms with Crippen molar-refractivity contribution in [3.63, 3.8) is 0 Å². The molecule has 2 N–H and O–H groups in total. The van der Waals surface area contributed by atoms with E-state index in [1.807, 2.05) is 32.3 Å². The molecule has 1 aliphatic carbocycles. The molecule has 2 amide bonds. The molecule has 2 rings (SSSR count). The van der Waals surface area contributed by atoms with Crippen LogP contribution in [0.5, 0.6) is 0 Å². The maximum absolute atomic E-state index is 12.1. The van der Waals surface area contributed by atoms with Gasteiger partial charge in [-0.1, -0.05) is 49.6 Å². The molecule has 1 aromatic rings. The Hall–Kier alpha value is -1.59. The number of carbonyl (C=O) groups excluding carboxylic acids is 1. The average molecular weight is 361 g/mol. The van der Waals surface area contributed by atoms with Crippen LogP contribution in [0, 0.1) is 0 Å². The lowest BCUT2D eigenvalue weighted by Crippen LogP contribution is -2.41. The minimum Gasteiger partial charge on any atom is -0.338 e. The molecule has 5 heteroatoms. The van der Waals surface area contributed by atoms with Crippen LogP contribution in [0.25, 0.3) is 0 Å². The fourth-order valence-corrected chi connectivity index (χ4v) is 3.76. The third-order valence-electron chi connectivity index (χ3n) is 5.43. The number of carbonyl (C=O) groups is 1. The standard InChI is InChI=1S/C21H36N4O/c1-24(2)20(18-11-6-4-7-12-18)17-23-21(26)22-15-10-16-25(3)19-13-8-5-9-14-19/h4,6-7,11-12,19-20H,5,8-10,13-17H2,1-3H3,(H2,22,23,26). The molecule has 1 unspecified atom stereocenters. The van der Waals surface area contributed by atoms with Crippen molar-refractivity contribution in [3.05, 3.63) is 35.9 Å². The van der Waals surface area contributed by atoms with Crippen LogP contribution < -0.4 is 10.6 Å². The summed E-state index contributed by atoms with van der Waals surface area (Å²) in [6.07, 6.45) is 7.78. The zero-order valence-corrected chi connectivity index (χ0v) is 16.7. The van der Waals surface area contributed by atoms with Gasteiger partial charge in [-0.05, 0) is 52.5 Å². The SMILES string of the molecule is CN(C)C(CNC(=O)NCCCN(C)C1CCCCC1)c1ccccc1. The zero-order chi connectivity index (χ0) is 18.8. The lowest BCUT2D eigenvalue weighted by atomic mass is 9.94. The summed E-state index contributed by atoms with van der Waals surface area (Å²) in [5.74, 6) is 0. The number of rotatable bonds is 9. The Kier molecular flexibility index (Phi) is 8.92. The molecule has 0 bridgehead atoms. The van der Waals surface area contributed by atoms with E-state index in [1.165, 1.54) is 37.7 Å². The first-order valence-electron chi connectivity index (χ1n) is 10.0. The number of hydrogen-bond donors (Lipinski definition) is 2. The molecule has 1 aliphatic rings. The molecular formula is C21H36N4O. The lowest BCUT2D eigenvalue weighted by Gasteiger charge is -2.31. The van der Waals surface area contributed by atoms with Crippen LogP contribution in [-0.4, -0.2) is 62.7 Å². The Labute approximate surface area is 159 Å². The summed E-state index contributed by atoms with van der Waals surface area (Å²) in [6.45, 7) is 2.38. The highest BCUT2D eigenvalue weighted by atomic mass is 16.2. The monoisotopic (exact) mass is 360 g/mol. The highest BCUT2D eigenvalue weighted by Gasteiger charge is 2.17. The van der Waals surface area contributed by atoms with Crippen molar-refractivity contribution in [2.45, 2.75) is 50.6 Å². The van der Waals surface area contributed by atoms with Crippen molar-refractivity contribution in [2.75, 3.05) is 40.8 Å². The van der Waals surface area contributed by atoms with E-state index in [2.05, 4.69) is 39.6 Å². The van der Waals surface area contributed by atoms with Gasteiger partial charge in [0, 0.05) is 19.1 Å². The summed E-state index contributed by atoms with van der Waals surface area (Å²) in [7, 11) is 6.30. The number of nitrogens with zero attached hydrogens (tertiary/aromatic N) is 2. The summed E-state index contributed by atoms with van der Waals surface area (Å²) < 4.78 is 0. The van der Waals surface area contributed by atoms with Crippen LogP contribution in [0.15, 0.2) is 30.3 Å². The number of likely N-dealkylation sites (N-methyl/N-ethyl adjacent to an activating group) is 1. The van der Waals surface area contributed by atoms with Gasteiger partial charge in [0.25, 0.3) is 0 Å². The molecule has 0 saturated heterocycles. The molecule has 0 aliphatic heterocycles. The van der Waals surface area contributed by atoms with Gasteiger partial charge in [0.05, 0.1) is 6.04 Å². The summed E-state index contributed by atoms with van der Waals surface area (Å²) in [4.78, 5) is 16.7. The Balaban J connectivity index is 1.63. The quantitative estimate of drug-likeness (QED) is 0.665. The molecule has 0 aromatic heterocycles. The van der Waals surface area contributed by atoms with Crippen molar-refractivity contribution in [3.8, 4) is 0 Å². The van der Waals surface area contributed by atoms with Crippen LogP contribution in [0.1, 0.15) is 50.1 Å². The summed E-state index contributed by atoms with van der Waals surface area (Å²) in [5.41, 5.74) is 1.21. The van der Waals surface area contributed by atoms with Gasteiger partial charge in [0.2, 0.25) is 0 Å². The van der Waals surface area contributed by atoms with Gasteiger partial charge in [-0.3, -0.25) is 0 Å². The Morgan fingerprint density at radius 2 is 1.77 bits per heavy atom. The number of hydrogen-bond acceptors (Lipinski definition) is 3. The smallest absolute Gasteiger partial charge is 0.314 e. The molecule has 0 heterocycles. The van der Waals surface area contributed by atoms with Gasteiger partial charge in [-0.15, -0.1) is 0 Å². The molecule has 0 spiro atoms. The van der Waals surface area contributed by atoms with E-state index in [0.29, 0.717) is 6.54 Å². The van der Waals surface area contributed by atoms with E-state index < -0.39 is 0 Å². The number of urea groups is 1. The van der Waals surface area contributed by atoms with Crippen molar-refractivity contribution < 1.29 is 4.79 Å². The fourth-order valence-electron chi connectivity index (χ4n) is 3.76. The second-order valence-electron chi connectivity index (χ2n) is 7.65. The molecule has 146 valence electrons. The van der Waals surface area contributed by atoms with Crippen LogP contribution >= 0.6 is 0 Å². The van der Waals surface area contributed by atoms with E-state index in [4.69, 9.17) is 0 Å². The van der Waals surface area contributed by atoms with Crippen molar-refractivity contribution in [1.82, 2.24) is 20.4 Å². The second-order valence-corrected chi connectivity index (χ2v) is 7.65. The largest absolute Gasteiger partial charge is 0.338 e. The maximum atomic E-state index is 12.1. The first-order valence-corrected chi connectivity index (χ1v) is 10.0. The number of benzene rings is 1. The van der Waals surface area contributed by atoms with E-state index >= 15 is 0 Å². The molecule has 1 atom stereocenters. The third-order valence-corrected chi connectivity index (χ3v) is 5.43. The molecule has 1 aromatic carbocycles. The van der Waals surface area contributed by atoms with Crippen LogP contribution in [-0.2, 0) is 0 Å². The van der Waals surface area contributed by atoms with Crippen molar-refractivity contribution in [1.29, 1.82) is 0 Å². The van der Waals surface area contributed by atoms with E-state index in [0.717, 1.165) is 25.6 Å². The first kappa shape index (κ1) is 20.7. The number of nitrogens with one attached hydrogen (secondary N) is 2. The van der Waals surface area contributed by atoms with Gasteiger partial charge in [0.1, 0.15) is 0 Å². The fraction of sp³-hybridized carbons (Fsp3) is 0.667. The van der Waals surface area contributed by atoms with Gasteiger partial charge in [-0.2, -0.15) is 0 Å². The summed E-state index contributed by atoms with van der Waals surface area (Å²) in [5, 5.41) is 6.00. The highest BCUT2D eigenvalue weighted by Crippen LogP contribution is 2.21. The second kappa shape index (κ2) is 11.2. The zero-order valence-electron chi connectivity index (χ0n) is 16.7. The molecule has 1 fully saturated rings. The van der Waals surface area contributed by atoms with Crippen LogP contribution in [0.2, 0.25) is 0 Å². The Morgan fingerprint density at radius 1 is 1.08 bits per heavy atom. The summed E-state index contributed by atoms with van der Waals surface area (Å²) >= 11 is 0. The van der Waals surface area contributed by atoms with Gasteiger partial charge in [0.15, 0.2) is 0 Å². The van der Waals surface area contributed by atoms with E-state index in [9.17, 15) is 4.79 Å². The number of amides is 2. The normalized spacial score (nSPS) is 16.7. The molecular weight excluding hydrogens is 324 g/mol. The minimum absolute atomic E-state index is 0.0758. The molecule has 26 heavy (non-hydrogen) atoms. The topological polar surface area (TPSA) is 47.6 Å².